The van der Waals surface area contributed by atoms with Crippen LogP contribution in [0.3, 0.4) is 0 Å². The highest BCUT2D eigenvalue weighted by Crippen LogP contribution is 2.32. The van der Waals surface area contributed by atoms with Gasteiger partial charge in [0.05, 0.1) is 16.3 Å². The van der Waals surface area contributed by atoms with E-state index in [1.165, 1.54) is 37.1 Å². The third-order valence-corrected chi connectivity index (χ3v) is 5.73. The van der Waals surface area contributed by atoms with Gasteiger partial charge in [0.25, 0.3) is 0 Å². The second-order valence-electron chi connectivity index (χ2n) is 6.58. The number of nitrogens with one attached hydrogen (secondary N) is 2. The largest absolute Gasteiger partial charge is 0.372 e. The summed E-state index contributed by atoms with van der Waals surface area (Å²) in [6.45, 7) is 2.07. The molecule has 0 saturated carbocycles. The summed E-state index contributed by atoms with van der Waals surface area (Å²) in [5, 5.41) is 24.0. The smallest absolute Gasteiger partial charge is 0.249 e. The van der Waals surface area contributed by atoms with Crippen LogP contribution in [-0.2, 0) is 5.75 Å². The van der Waals surface area contributed by atoms with Crippen molar-refractivity contribution in [3.8, 4) is 17.2 Å². The maximum absolute atomic E-state index is 12.3. The second kappa shape index (κ2) is 8.27. The van der Waals surface area contributed by atoms with Gasteiger partial charge in [0.2, 0.25) is 5.56 Å². The number of anilines is 1. The summed E-state index contributed by atoms with van der Waals surface area (Å²) in [6.07, 6.45) is 3.65. The van der Waals surface area contributed by atoms with Gasteiger partial charge in [-0.15, -0.1) is 10.2 Å². The Labute approximate surface area is 166 Å². The molecule has 2 N–H and O–H groups in total. The van der Waals surface area contributed by atoms with Crippen molar-refractivity contribution in [1.82, 2.24) is 25.6 Å². The van der Waals surface area contributed by atoms with Crippen molar-refractivity contribution in [2.24, 2.45) is 0 Å². The standard InChI is InChI=1S/C19H19N7OS/c20-11-16-15(10-18(27)21-19(16)28-12-17-22-24-25-23-17)13-5-4-6-14(9-13)26-7-2-1-3-8-26/h4-6,9-10H,1-3,7-8,12H2,(H,21,27)(H,22,23,24,25). The van der Waals surface area contributed by atoms with Crippen LogP contribution in [0.5, 0.6) is 0 Å². The van der Waals surface area contributed by atoms with E-state index >= 15 is 0 Å². The Morgan fingerprint density at radius 1 is 1.21 bits per heavy atom. The first-order chi connectivity index (χ1) is 13.7. The second-order valence-corrected chi connectivity index (χ2v) is 7.56. The van der Waals surface area contributed by atoms with Gasteiger partial charge in [0.15, 0.2) is 5.82 Å². The average Bonchev–Trinajstić information content (AvgIpc) is 3.26. The zero-order valence-corrected chi connectivity index (χ0v) is 16.0. The third-order valence-electron chi connectivity index (χ3n) is 4.73. The highest BCUT2D eigenvalue weighted by atomic mass is 32.2. The lowest BCUT2D eigenvalue weighted by Crippen LogP contribution is -2.29. The van der Waals surface area contributed by atoms with Crippen LogP contribution >= 0.6 is 11.8 Å². The molecule has 0 unspecified atom stereocenters. The molecule has 0 atom stereocenters. The van der Waals surface area contributed by atoms with Gasteiger partial charge in [0, 0.05) is 30.4 Å². The number of nitriles is 1. The molecule has 142 valence electrons. The first-order valence-electron chi connectivity index (χ1n) is 9.12. The average molecular weight is 393 g/mol. The van der Waals surface area contributed by atoms with E-state index < -0.39 is 0 Å². The Hall–Kier alpha value is -3.12. The molecular formula is C19H19N7OS. The van der Waals surface area contributed by atoms with E-state index in [1.807, 2.05) is 12.1 Å². The summed E-state index contributed by atoms with van der Waals surface area (Å²) in [7, 11) is 0. The number of H-pyrrole nitrogens is 2. The van der Waals surface area contributed by atoms with Gasteiger partial charge in [-0.25, -0.2) is 0 Å². The maximum Gasteiger partial charge on any atom is 0.249 e. The first kappa shape index (κ1) is 18.3. The van der Waals surface area contributed by atoms with Gasteiger partial charge in [-0.3, -0.25) is 4.79 Å². The first-order valence-corrected chi connectivity index (χ1v) is 10.1. The number of tetrazole rings is 1. The zero-order valence-electron chi connectivity index (χ0n) is 15.2. The highest BCUT2D eigenvalue weighted by Gasteiger charge is 2.16. The van der Waals surface area contributed by atoms with Gasteiger partial charge in [-0.1, -0.05) is 29.1 Å². The van der Waals surface area contributed by atoms with Crippen molar-refractivity contribution in [2.75, 3.05) is 18.0 Å². The third kappa shape index (κ3) is 3.92. The minimum absolute atomic E-state index is 0.243. The van der Waals surface area contributed by atoms with Crippen molar-refractivity contribution in [1.29, 1.82) is 5.26 Å². The molecule has 0 amide bonds. The van der Waals surface area contributed by atoms with Crippen LogP contribution in [0, 0.1) is 11.3 Å². The quantitative estimate of drug-likeness (QED) is 0.641. The molecule has 28 heavy (non-hydrogen) atoms. The van der Waals surface area contributed by atoms with Crippen LogP contribution in [0.1, 0.15) is 30.7 Å². The molecule has 1 aliphatic rings. The van der Waals surface area contributed by atoms with Crippen LogP contribution in [-0.4, -0.2) is 38.7 Å². The molecule has 3 heterocycles. The fourth-order valence-corrected chi connectivity index (χ4v) is 4.25. The van der Waals surface area contributed by atoms with Crippen molar-refractivity contribution in [2.45, 2.75) is 30.0 Å². The van der Waals surface area contributed by atoms with Gasteiger partial charge in [0.1, 0.15) is 6.07 Å². The Bertz CT molecular complexity index is 1050. The van der Waals surface area contributed by atoms with E-state index in [-0.39, 0.29) is 5.56 Å². The van der Waals surface area contributed by atoms with E-state index in [2.05, 4.69) is 48.7 Å². The molecule has 0 radical (unpaired) electrons. The molecule has 3 aromatic rings. The summed E-state index contributed by atoms with van der Waals surface area (Å²) >= 11 is 1.31. The molecule has 8 nitrogen and oxygen atoms in total. The molecule has 1 aliphatic heterocycles. The Morgan fingerprint density at radius 2 is 2.07 bits per heavy atom. The van der Waals surface area contributed by atoms with Crippen LogP contribution in [0.25, 0.3) is 11.1 Å². The molecule has 9 heteroatoms. The van der Waals surface area contributed by atoms with Gasteiger partial charge in [-0.2, -0.15) is 10.5 Å². The molecular weight excluding hydrogens is 374 g/mol. The number of aromatic nitrogens is 5. The molecule has 0 aliphatic carbocycles. The highest BCUT2D eigenvalue weighted by molar-refractivity contribution is 7.98. The normalized spacial score (nSPS) is 14.0. The summed E-state index contributed by atoms with van der Waals surface area (Å²) in [5.41, 5.74) is 2.84. The molecule has 0 spiro atoms. The summed E-state index contributed by atoms with van der Waals surface area (Å²) in [4.78, 5) is 17.4. The minimum Gasteiger partial charge on any atom is -0.372 e. The molecule has 1 fully saturated rings. The van der Waals surface area contributed by atoms with Crippen LogP contribution in [0.15, 0.2) is 40.2 Å². The number of nitrogens with zero attached hydrogens (tertiary/aromatic N) is 5. The van der Waals surface area contributed by atoms with E-state index in [0.29, 0.717) is 27.7 Å². The molecule has 1 saturated heterocycles. The zero-order chi connectivity index (χ0) is 19.3. The van der Waals surface area contributed by atoms with Crippen molar-refractivity contribution in [3.63, 3.8) is 0 Å². The lowest BCUT2D eigenvalue weighted by Gasteiger charge is -2.29. The minimum atomic E-state index is -0.243. The van der Waals surface area contributed by atoms with E-state index in [9.17, 15) is 10.1 Å². The van der Waals surface area contributed by atoms with Crippen LogP contribution in [0.4, 0.5) is 5.69 Å². The van der Waals surface area contributed by atoms with Crippen molar-refractivity contribution >= 4 is 17.4 Å². The fourth-order valence-electron chi connectivity index (χ4n) is 3.39. The number of thioether (sulfide) groups is 1. The Balaban J connectivity index is 1.69. The van der Waals surface area contributed by atoms with Gasteiger partial charge in [-0.05, 0) is 37.0 Å². The summed E-state index contributed by atoms with van der Waals surface area (Å²) < 4.78 is 0. The number of piperidine rings is 1. The Kier molecular flexibility index (Phi) is 5.39. The summed E-state index contributed by atoms with van der Waals surface area (Å²) in [5.74, 6) is 0.908. The lowest BCUT2D eigenvalue weighted by atomic mass is 10.0. The monoisotopic (exact) mass is 393 g/mol. The molecule has 0 bridgehead atoms. The predicted molar refractivity (Wildman–Crippen MR) is 107 cm³/mol. The molecule has 1 aromatic carbocycles. The van der Waals surface area contributed by atoms with Crippen LogP contribution < -0.4 is 10.5 Å². The van der Waals surface area contributed by atoms with Gasteiger partial charge < -0.3 is 9.88 Å². The SMILES string of the molecule is N#Cc1c(-c2cccc(N3CCCCC3)c2)cc(=O)[nH]c1SCc1nn[nH]n1. The van der Waals surface area contributed by atoms with Crippen LogP contribution in [0.2, 0.25) is 0 Å². The van der Waals surface area contributed by atoms with Crippen molar-refractivity contribution < 1.29 is 0 Å². The van der Waals surface area contributed by atoms with E-state index in [4.69, 9.17) is 0 Å². The number of benzene rings is 1. The van der Waals surface area contributed by atoms with Crippen molar-refractivity contribution in [3.05, 3.63) is 52.1 Å². The van der Waals surface area contributed by atoms with Gasteiger partial charge >= 0.3 is 0 Å². The number of hydrogen-bond acceptors (Lipinski definition) is 7. The summed E-state index contributed by atoms with van der Waals surface area (Å²) in [6, 6.07) is 11.8. The maximum atomic E-state index is 12.3. The number of rotatable bonds is 5. The number of pyridine rings is 1. The predicted octanol–water partition coefficient (Wildman–Crippen LogP) is 2.71. The Morgan fingerprint density at radius 3 is 2.82 bits per heavy atom. The number of aromatic amines is 2. The lowest BCUT2D eigenvalue weighted by molar-refractivity contribution is 0.578. The molecule has 2 aromatic heterocycles. The number of hydrogen-bond donors (Lipinski definition) is 2. The van der Waals surface area contributed by atoms with E-state index in [0.717, 1.165) is 24.3 Å². The molecule has 4 rings (SSSR count). The topological polar surface area (TPSA) is 114 Å². The fraction of sp³-hybridized carbons (Fsp3) is 0.316. The van der Waals surface area contributed by atoms with E-state index in [1.54, 1.807) is 0 Å².